The number of anilines is 1. The van der Waals surface area contributed by atoms with E-state index in [1.54, 1.807) is 24.3 Å². The number of aliphatic carboxylic acids is 1. The van der Waals surface area contributed by atoms with E-state index in [0.29, 0.717) is 17.7 Å². The van der Waals surface area contributed by atoms with E-state index >= 15 is 0 Å². The van der Waals surface area contributed by atoms with Gasteiger partial charge in [-0.2, -0.15) is 18.3 Å². The van der Waals surface area contributed by atoms with Gasteiger partial charge in [0.25, 0.3) is 5.56 Å². The van der Waals surface area contributed by atoms with Crippen molar-refractivity contribution in [2.75, 3.05) is 31.8 Å². The van der Waals surface area contributed by atoms with Crippen LogP contribution in [0.25, 0.3) is 0 Å². The van der Waals surface area contributed by atoms with Crippen molar-refractivity contribution >= 4 is 11.7 Å². The fraction of sp³-hybridized carbons (Fsp3) is 0.421. The Bertz CT molecular complexity index is 959. The van der Waals surface area contributed by atoms with Crippen molar-refractivity contribution < 1.29 is 32.5 Å². The van der Waals surface area contributed by atoms with Crippen LogP contribution >= 0.6 is 0 Å². The number of hydrogen-bond acceptors (Lipinski definition) is 6. The number of benzene rings is 1. The Labute approximate surface area is 169 Å². The molecule has 8 nitrogen and oxygen atoms in total. The number of hydrogen-bond donors (Lipinski definition) is 1. The van der Waals surface area contributed by atoms with Gasteiger partial charge in [0.2, 0.25) is 0 Å². The molecule has 2 aromatic rings. The van der Waals surface area contributed by atoms with Gasteiger partial charge in [-0.1, -0.05) is 12.1 Å². The van der Waals surface area contributed by atoms with Crippen LogP contribution in [0.3, 0.4) is 0 Å². The molecule has 1 aromatic carbocycles. The number of rotatable bonds is 8. The largest absolute Gasteiger partial charge is 0.497 e. The van der Waals surface area contributed by atoms with Crippen LogP contribution in [0.5, 0.6) is 5.75 Å². The first-order valence-corrected chi connectivity index (χ1v) is 9.07. The topological polar surface area (TPSA) is 93.9 Å². The van der Waals surface area contributed by atoms with Crippen molar-refractivity contribution in [3.63, 3.8) is 0 Å². The summed E-state index contributed by atoms with van der Waals surface area (Å²) in [5.41, 5.74) is -2.27. The maximum atomic E-state index is 13.7. The van der Waals surface area contributed by atoms with Gasteiger partial charge in [-0.25, -0.2) is 9.48 Å². The van der Waals surface area contributed by atoms with Crippen LogP contribution in [0.2, 0.25) is 0 Å². The lowest BCUT2D eigenvalue weighted by atomic mass is 10.0. The lowest BCUT2D eigenvalue weighted by Crippen LogP contribution is -2.52. The molecule has 0 bridgehead atoms. The number of nitrogens with zero attached hydrogens (tertiary/aromatic N) is 3. The number of carboxylic acid groups (broad SMARTS) is 1. The summed E-state index contributed by atoms with van der Waals surface area (Å²) in [6.45, 7) is -0.443. The van der Waals surface area contributed by atoms with Gasteiger partial charge < -0.3 is 19.5 Å². The molecule has 1 N–H and O–H groups in total. The summed E-state index contributed by atoms with van der Waals surface area (Å²) in [4.78, 5) is 24.6. The van der Waals surface area contributed by atoms with E-state index in [-0.39, 0.29) is 25.4 Å². The van der Waals surface area contributed by atoms with E-state index in [1.165, 1.54) is 12.0 Å². The van der Waals surface area contributed by atoms with Crippen molar-refractivity contribution in [2.45, 2.75) is 25.2 Å². The van der Waals surface area contributed by atoms with Crippen LogP contribution in [0, 0.1) is 0 Å². The highest BCUT2D eigenvalue weighted by atomic mass is 19.4. The molecule has 0 amide bonds. The van der Waals surface area contributed by atoms with Gasteiger partial charge in [0.15, 0.2) is 0 Å². The summed E-state index contributed by atoms with van der Waals surface area (Å²) >= 11 is 0. The van der Waals surface area contributed by atoms with Gasteiger partial charge in [-0.05, 0) is 24.1 Å². The van der Waals surface area contributed by atoms with E-state index in [2.05, 4.69) is 5.10 Å². The number of methoxy groups -OCH3 is 1. The molecule has 0 saturated carbocycles. The zero-order valence-electron chi connectivity index (χ0n) is 16.1. The second-order valence-electron chi connectivity index (χ2n) is 6.76. The molecule has 1 aliphatic rings. The van der Waals surface area contributed by atoms with Gasteiger partial charge in [0.05, 0.1) is 38.2 Å². The molecule has 0 unspecified atom stereocenters. The zero-order valence-corrected chi connectivity index (χ0v) is 16.1. The standard InChI is InChI=1S/C19H20F3N3O5/c1-29-14-4-2-12(3-5-14)9-25-18(28)17(19(20,21)22)15(8-23-25)24-7-6-13(24)10-30-11-16(26)27/h2-5,8,13H,6-7,9-11H2,1H3,(H,26,27)/t13-/m0/s1. The molecule has 30 heavy (non-hydrogen) atoms. The monoisotopic (exact) mass is 427 g/mol. The van der Waals surface area contributed by atoms with Crippen molar-refractivity contribution in [1.82, 2.24) is 9.78 Å². The molecule has 1 atom stereocenters. The van der Waals surface area contributed by atoms with Crippen LogP contribution in [-0.4, -0.2) is 53.8 Å². The molecule has 1 saturated heterocycles. The number of carbonyl (C=O) groups is 1. The van der Waals surface area contributed by atoms with Gasteiger partial charge in [0.1, 0.15) is 17.9 Å². The van der Waals surface area contributed by atoms with E-state index in [0.717, 1.165) is 10.9 Å². The Hall–Kier alpha value is -3.08. The summed E-state index contributed by atoms with van der Waals surface area (Å²) in [5.74, 6) is -0.584. The number of alkyl halides is 3. The van der Waals surface area contributed by atoms with Crippen LogP contribution in [-0.2, 0) is 22.3 Å². The Balaban J connectivity index is 1.87. The Morgan fingerprint density at radius 3 is 2.53 bits per heavy atom. The van der Waals surface area contributed by atoms with Crippen LogP contribution in [0.4, 0.5) is 18.9 Å². The average molecular weight is 427 g/mol. The Morgan fingerprint density at radius 1 is 1.30 bits per heavy atom. The molecular formula is C19H20F3N3O5. The van der Waals surface area contributed by atoms with Crippen LogP contribution in [0.1, 0.15) is 17.5 Å². The first kappa shape index (κ1) is 21.6. The van der Waals surface area contributed by atoms with Gasteiger partial charge in [0, 0.05) is 6.54 Å². The number of carboxylic acids is 1. The first-order chi connectivity index (χ1) is 14.2. The summed E-state index contributed by atoms with van der Waals surface area (Å²) < 4.78 is 52.0. The second kappa shape index (κ2) is 8.74. The molecule has 3 rings (SSSR count). The van der Waals surface area contributed by atoms with Crippen molar-refractivity contribution in [2.24, 2.45) is 0 Å². The third kappa shape index (κ3) is 4.73. The zero-order chi connectivity index (χ0) is 21.9. The van der Waals surface area contributed by atoms with Gasteiger partial charge >= 0.3 is 12.1 Å². The van der Waals surface area contributed by atoms with Crippen molar-refractivity contribution in [1.29, 1.82) is 0 Å². The lowest BCUT2D eigenvalue weighted by molar-refractivity contribution is -0.142. The number of ether oxygens (including phenoxy) is 2. The van der Waals surface area contributed by atoms with Crippen molar-refractivity contribution in [3.05, 3.63) is 51.9 Å². The molecule has 0 aliphatic carbocycles. The van der Waals surface area contributed by atoms with Crippen LogP contribution in [0.15, 0.2) is 35.3 Å². The quantitative estimate of drug-likeness (QED) is 0.689. The molecule has 162 valence electrons. The first-order valence-electron chi connectivity index (χ1n) is 9.07. The van der Waals surface area contributed by atoms with Crippen molar-refractivity contribution in [3.8, 4) is 5.75 Å². The maximum absolute atomic E-state index is 13.7. The molecule has 1 fully saturated rings. The summed E-state index contributed by atoms with van der Waals surface area (Å²) in [7, 11) is 1.49. The fourth-order valence-electron chi connectivity index (χ4n) is 3.19. The summed E-state index contributed by atoms with van der Waals surface area (Å²) in [5, 5.41) is 12.6. The minimum absolute atomic E-state index is 0.0570. The third-order valence-electron chi connectivity index (χ3n) is 4.79. The number of aromatic nitrogens is 2. The second-order valence-corrected chi connectivity index (χ2v) is 6.76. The SMILES string of the molecule is COc1ccc(Cn2ncc(N3CC[C@H]3COCC(=O)O)c(C(F)(F)F)c2=O)cc1. The van der Waals surface area contributed by atoms with E-state index in [1.807, 2.05) is 0 Å². The van der Waals surface area contributed by atoms with E-state index < -0.39 is 35.9 Å². The number of halogens is 3. The fourth-order valence-corrected chi connectivity index (χ4v) is 3.19. The smallest absolute Gasteiger partial charge is 0.423 e. The molecule has 2 heterocycles. The van der Waals surface area contributed by atoms with E-state index in [4.69, 9.17) is 14.6 Å². The normalized spacial score (nSPS) is 16.3. The maximum Gasteiger partial charge on any atom is 0.423 e. The Morgan fingerprint density at radius 2 is 2.00 bits per heavy atom. The highest BCUT2D eigenvalue weighted by Crippen LogP contribution is 2.37. The molecule has 1 aromatic heterocycles. The summed E-state index contributed by atoms with van der Waals surface area (Å²) in [6.07, 6.45) is -3.33. The average Bonchev–Trinajstić information content (AvgIpc) is 2.66. The molecule has 0 spiro atoms. The third-order valence-corrected chi connectivity index (χ3v) is 4.79. The molecule has 0 radical (unpaired) electrons. The molecule has 11 heteroatoms. The van der Waals surface area contributed by atoms with Gasteiger partial charge in [-0.3, -0.25) is 4.79 Å². The predicted octanol–water partition coefficient (Wildman–Crippen LogP) is 2.00. The highest BCUT2D eigenvalue weighted by Gasteiger charge is 2.42. The van der Waals surface area contributed by atoms with E-state index in [9.17, 15) is 22.8 Å². The highest BCUT2D eigenvalue weighted by molar-refractivity contribution is 5.68. The van der Waals surface area contributed by atoms with Gasteiger partial charge in [-0.15, -0.1) is 0 Å². The summed E-state index contributed by atoms with van der Waals surface area (Å²) in [6, 6.07) is 6.10. The minimum Gasteiger partial charge on any atom is -0.497 e. The molecular weight excluding hydrogens is 407 g/mol. The Kier molecular flexibility index (Phi) is 6.30. The predicted molar refractivity (Wildman–Crippen MR) is 99.8 cm³/mol. The lowest BCUT2D eigenvalue weighted by Gasteiger charge is -2.43. The minimum atomic E-state index is -4.88. The molecule has 1 aliphatic heterocycles. The van der Waals surface area contributed by atoms with Crippen LogP contribution < -0.4 is 15.2 Å².